The maximum Gasteiger partial charge on any atom is 0.266 e. The van der Waals surface area contributed by atoms with Crippen molar-refractivity contribution in [2.24, 2.45) is 0 Å². The van der Waals surface area contributed by atoms with Crippen molar-refractivity contribution in [2.75, 3.05) is 36.0 Å². The number of hydrogen-bond donors (Lipinski definition) is 0. The average Bonchev–Trinajstić information content (AvgIpc) is 1.42. The summed E-state index contributed by atoms with van der Waals surface area (Å²) >= 11 is 0. The van der Waals surface area contributed by atoms with Crippen LogP contribution in [0.25, 0.3) is 0 Å². The molecule has 0 radical (unpaired) electrons. The van der Waals surface area contributed by atoms with Crippen LogP contribution in [0.5, 0.6) is 51.7 Å². The number of unbranched alkanes of at least 4 members (excludes halogenated alkanes) is 3. The van der Waals surface area contributed by atoms with Gasteiger partial charge < -0.3 is 43.3 Å². The molecule has 97 heavy (non-hydrogen) atoms. The van der Waals surface area contributed by atoms with Crippen molar-refractivity contribution in [3.63, 3.8) is 0 Å². The lowest BCUT2D eigenvalue weighted by Gasteiger charge is -2.38. The monoisotopic (exact) mass is 1280 g/mol. The number of carbonyl (C=O) groups is 4. The highest BCUT2D eigenvalue weighted by Crippen LogP contribution is 2.60. The second kappa shape index (κ2) is 23.9. The molecule has 15 nitrogen and oxygen atoms in total. The number of amides is 4. The topological polar surface area (TPSA) is 134 Å². The molecule has 0 saturated carbocycles. The van der Waals surface area contributed by atoms with Crippen LogP contribution in [0.15, 0.2) is 273 Å². The number of ether oxygens (including phenoxy) is 5. The summed E-state index contributed by atoms with van der Waals surface area (Å²) in [6.07, 6.45) is 4.45. The van der Waals surface area contributed by atoms with Gasteiger partial charge in [0.25, 0.3) is 23.6 Å². The summed E-state index contributed by atoms with van der Waals surface area (Å²) in [5.41, 5.74) is 6.24. The Labute approximate surface area is 568 Å². The van der Waals surface area contributed by atoms with Crippen molar-refractivity contribution in [3.05, 3.63) is 295 Å². The van der Waals surface area contributed by atoms with E-state index in [2.05, 4.69) is 16.7 Å². The van der Waals surface area contributed by atoms with Gasteiger partial charge in [-0.2, -0.15) is 0 Å². The Morgan fingerprint density at radius 2 is 0.608 bits per heavy atom. The van der Waals surface area contributed by atoms with E-state index >= 15 is 0 Å². The number of hydrogen-bond acceptors (Lipinski definition) is 13. The quantitative estimate of drug-likeness (QED) is 0.0849. The first-order chi connectivity index (χ1) is 50.7. The standard InChI is InChI=1S/C44H35N3O5.C38H23N3O4/c1-2-3-4-13-26-50-30-24-22-29(23-25-30)45-43(48)31-27-37(46-33-14-5-9-18-39(33)51-40-19-10-6-15-34(40)46)38(28-32(31)44(45)49)47-35-16-7-11-20-41(35)52-42-21-12-8-17-36(42)47;42-37-25-22-31(40-27-14-4-8-18-33(27)44-34-19-9-5-15-28(34)40)32(23-26(25)38(43)39(37)24-12-2-1-3-13-24)41-29-16-6-10-20-35(29)45-36-21-11-7-17-30(36)41/h5-12,14-25,27-28H,2-4,13,26H2,1H3;1-23H/i;1D,2D,3D,12D,13D,22D,23D. The highest BCUT2D eigenvalue weighted by atomic mass is 16.5. The van der Waals surface area contributed by atoms with E-state index in [1.165, 1.54) is 11.3 Å². The molecule has 470 valence electrons. The van der Waals surface area contributed by atoms with Crippen LogP contribution in [0.4, 0.5) is 79.6 Å². The third-order valence-corrected chi connectivity index (χ3v) is 17.5. The van der Waals surface area contributed by atoms with E-state index in [0.717, 1.165) is 42.0 Å². The molecule has 12 aromatic carbocycles. The highest BCUT2D eigenvalue weighted by molar-refractivity contribution is 6.36. The van der Waals surface area contributed by atoms with Crippen LogP contribution in [-0.2, 0) is 0 Å². The smallest absolute Gasteiger partial charge is 0.266 e. The molecule has 0 saturated heterocycles. The minimum atomic E-state index is -1.09. The number of fused-ring (bicyclic) bond motifs is 10. The van der Waals surface area contributed by atoms with Crippen molar-refractivity contribution < 1.29 is 52.5 Å². The zero-order valence-electron chi connectivity index (χ0n) is 58.8. The third-order valence-electron chi connectivity index (χ3n) is 17.5. The SMILES string of the molecule is CCCCCCOc1ccc(N2C(=O)c3cc(N4c5ccccc5Oc5ccccc54)c(N4c5ccccc5Oc5ccccc54)cc3C2=O)cc1.[2H]c1c([2H])c([2H])c(N2C(=O)c3c([2H])c(N4c5ccccc5Oc5ccccc54)c(N4c5ccccc5Oc5ccccc54)c([2H])c3C2=O)c([2H])c1[2H]. The summed E-state index contributed by atoms with van der Waals surface area (Å²) in [5, 5.41) is 0. The molecule has 0 fully saturated rings. The van der Waals surface area contributed by atoms with Gasteiger partial charge >= 0.3 is 0 Å². The van der Waals surface area contributed by atoms with Gasteiger partial charge in [-0.15, -0.1) is 0 Å². The van der Waals surface area contributed by atoms with Crippen LogP contribution < -0.4 is 53.1 Å². The minimum absolute atomic E-state index is 0.0579. The van der Waals surface area contributed by atoms with Gasteiger partial charge in [0.2, 0.25) is 0 Å². The molecular formula is C82H58N6O9. The van der Waals surface area contributed by atoms with Crippen LogP contribution in [0.1, 0.15) is 83.6 Å². The maximum absolute atomic E-state index is 14.5. The maximum atomic E-state index is 14.5. The molecule has 0 spiro atoms. The Morgan fingerprint density at radius 3 is 0.938 bits per heavy atom. The van der Waals surface area contributed by atoms with Gasteiger partial charge in [-0.3, -0.25) is 19.2 Å². The van der Waals surface area contributed by atoms with Gasteiger partial charge in [0.05, 0.1) is 118 Å². The zero-order chi connectivity index (χ0) is 71.3. The third kappa shape index (κ3) is 9.81. The van der Waals surface area contributed by atoms with Crippen LogP contribution in [0, 0.1) is 0 Å². The first-order valence-electron chi connectivity index (χ1n) is 35.3. The Balaban J connectivity index is 0.000000154. The molecule has 0 unspecified atom stereocenters. The number of anilines is 14. The molecule has 18 rings (SSSR count). The number of carbonyl (C=O) groups excluding carboxylic acids is 4. The fourth-order valence-electron chi connectivity index (χ4n) is 13.1. The molecular weight excluding hydrogens is 1210 g/mol. The summed E-state index contributed by atoms with van der Waals surface area (Å²) in [7, 11) is 0. The Bertz CT molecular complexity index is 5160. The molecule has 0 aromatic heterocycles. The molecule has 0 bridgehead atoms. The van der Waals surface area contributed by atoms with Crippen molar-refractivity contribution in [2.45, 2.75) is 32.6 Å². The van der Waals surface area contributed by atoms with Gasteiger partial charge in [0.15, 0.2) is 46.0 Å². The van der Waals surface area contributed by atoms with Crippen LogP contribution >= 0.6 is 0 Å². The number of rotatable bonds is 12. The minimum Gasteiger partial charge on any atom is -0.494 e. The van der Waals surface area contributed by atoms with E-state index < -0.39 is 82.7 Å². The molecule has 12 aromatic rings. The van der Waals surface area contributed by atoms with Crippen LogP contribution in [-0.4, -0.2) is 30.2 Å². The molecule has 6 aliphatic rings. The van der Waals surface area contributed by atoms with Crippen LogP contribution in [0.3, 0.4) is 0 Å². The predicted molar refractivity (Wildman–Crippen MR) is 377 cm³/mol. The molecule has 0 aliphatic carbocycles. The van der Waals surface area contributed by atoms with Gasteiger partial charge in [-0.25, -0.2) is 9.80 Å². The normalized spacial score (nSPS) is 14.9. The second-order valence-corrected chi connectivity index (χ2v) is 23.3. The summed E-state index contributed by atoms with van der Waals surface area (Å²) < 4.78 is 92.5. The Hall–Kier alpha value is -12.9. The van der Waals surface area contributed by atoms with Gasteiger partial charge in [-0.1, -0.05) is 141 Å². The molecule has 0 atom stereocenters. The van der Waals surface area contributed by atoms with E-state index in [4.69, 9.17) is 30.5 Å². The fraction of sp³-hybridized carbons (Fsp3) is 0.0732. The lowest BCUT2D eigenvalue weighted by molar-refractivity contribution is 0.0910. The first kappa shape index (κ1) is 50.6. The van der Waals surface area contributed by atoms with Gasteiger partial charge in [0.1, 0.15) is 5.75 Å². The van der Waals surface area contributed by atoms with Crippen molar-refractivity contribution in [1.82, 2.24) is 0 Å². The van der Waals surface area contributed by atoms with Crippen molar-refractivity contribution >= 4 is 103 Å². The summed E-state index contributed by atoms with van der Waals surface area (Å²) in [5.74, 6) is 2.17. The summed E-state index contributed by atoms with van der Waals surface area (Å²) in [4.78, 5) is 67.1. The van der Waals surface area contributed by atoms with Gasteiger partial charge in [0, 0.05) is 0 Å². The largest absolute Gasteiger partial charge is 0.494 e. The van der Waals surface area contributed by atoms with E-state index in [9.17, 15) is 21.9 Å². The highest BCUT2D eigenvalue weighted by Gasteiger charge is 2.44. The zero-order valence-corrected chi connectivity index (χ0v) is 51.8. The van der Waals surface area contributed by atoms with E-state index in [1.807, 2.05) is 121 Å². The number of imide groups is 2. The van der Waals surface area contributed by atoms with Crippen molar-refractivity contribution in [3.8, 4) is 51.7 Å². The van der Waals surface area contributed by atoms with E-state index in [-0.39, 0.29) is 11.4 Å². The second-order valence-electron chi connectivity index (χ2n) is 23.3. The lowest BCUT2D eigenvalue weighted by atomic mass is 10.0. The lowest BCUT2D eigenvalue weighted by Crippen LogP contribution is -2.29. The fourth-order valence-corrected chi connectivity index (χ4v) is 13.1. The predicted octanol–water partition coefficient (Wildman–Crippen LogP) is 21.2. The summed E-state index contributed by atoms with van der Waals surface area (Å²) in [6, 6.07) is 66.0. The molecule has 6 aliphatic heterocycles. The van der Waals surface area contributed by atoms with E-state index in [0.29, 0.717) is 114 Å². The van der Waals surface area contributed by atoms with Gasteiger partial charge in [-0.05, 0) is 164 Å². The summed E-state index contributed by atoms with van der Waals surface area (Å²) in [6.45, 7) is 2.81. The first-order valence-corrected chi connectivity index (χ1v) is 31.8. The Morgan fingerprint density at radius 1 is 0.309 bits per heavy atom. The molecule has 6 heterocycles. The van der Waals surface area contributed by atoms with E-state index in [1.54, 1.807) is 119 Å². The number of nitrogens with zero attached hydrogens (tertiary/aromatic N) is 6. The molecule has 4 amide bonds. The number of benzene rings is 12. The number of para-hydroxylation sites is 17. The average molecular weight is 1280 g/mol. The van der Waals surface area contributed by atoms with Crippen molar-refractivity contribution in [1.29, 1.82) is 0 Å². The Kier molecular flexibility index (Phi) is 12.5. The van der Waals surface area contributed by atoms with Crippen LogP contribution in [0.2, 0.25) is 0 Å². The molecule has 0 N–H and O–H groups in total. The molecule has 15 heteroatoms.